The Balaban J connectivity index is 2.30. The molecule has 1 fully saturated rings. The van der Waals surface area contributed by atoms with E-state index in [0.717, 1.165) is 12.5 Å². The molecule has 2 heteroatoms. The summed E-state index contributed by atoms with van der Waals surface area (Å²) < 4.78 is 0. The van der Waals surface area contributed by atoms with E-state index in [-0.39, 0.29) is 0 Å². The first-order chi connectivity index (χ1) is 6.22. The van der Waals surface area contributed by atoms with Crippen LogP contribution in [0.3, 0.4) is 0 Å². The molecule has 0 spiro atoms. The molecule has 0 aliphatic carbocycles. The van der Waals surface area contributed by atoms with Gasteiger partial charge < -0.3 is 10.6 Å². The molecule has 2 nitrogen and oxygen atoms in total. The van der Waals surface area contributed by atoms with Gasteiger partial charge in [-0.2, -0.15) is 0 Å². The molecule has 1 saturated heterocycles. The summed E-state index contributed by atoms with van der Waals surface area (Å²) in [7, 11) is 2.24. The highest BCUT2D eigenvalue weighted by molar-refractivity contribution is 4.71. The second-order valence-electron chi connectivity index (χ2n) is 4.70. The molecule has 0 aromatic carbocycles. The lowest BCUT2D eigenvalue weighted by atomic mass is 9.92. The topological polar surface area (TPSA) is 29.3 Å². The van der Waals surface area contributed by atoms with Crippen LogP contribution in [0.2, 0.25) is 0 Å². The third-order valence-electron chi connectivity index (χ3n) is 3.11. The van der Waals surface area contributed by atoms with Crippen molar-refractivity contribution in [3.05, 3.63) is 0 Å². The lowest BCUT2D eigenvalue weighted by Crippen LogP contribution is -2.26. The SMILES string of the molecule is CC(CN)CC1CCCCN(C)C1. The Morgan fingerprint density at radius 3 is 2.92 bits per heavy atom. The molecule has 2 N–H and O–H groups in total. The zero-order valence-electron chi connectivity index (χ0n) is 9.13. The second kappa shape index (κ2) is 5.61. The Kier molecular flexibility index (Phi) is 4.74. The van der Waals surface area contributed by atoms with Crippen molar-refractivity contribution in [3.8, 4) is 0 Å². The van der Waals surface area contributed by atoms with Crippen molar-refractivity contribution in [2.45, 2.75) is 32.6 Å². The molecule has 2 atom stereocenters. The zero-order valence-corrected chi connectivity index (χ0v) is 9.13. The molecular formula is C11H24N2. The van der Waals surface area contributed by atoms with Crippen LogP contribution in [-0.2, 0) is 0 Å². The van der Waals surface area contributed by atoms with Gasteiger partial charge in [-0.3, -0.25) is 0 Å². The van der Waals surface area contributed by atoms with E-state index in [1.54, 1.807) is 0 Å². The minimum atomic E-state index is 0.705. The van der Waals surface area contributed by atoms with Gasteiger partial charge in [0.25, 0.3) is 0 Å². The summed E-state index contributed by atoms with van der Waals surface area (Å²) in [4.78, 5) is 2.47. The number of likely N-dealkylation sites (tertiary alicyclic amines) is 1. The fourth-order valence-electron chi connectivity index (χ4n) is 2.30. The van der Waals surface area contributed by atoms with Crippen LogP contribution >= 0.6 is 0 Å². The highest BCUT2D eigenvalue weighted by Gasteiger charge is 2.17. The van der Waals surface area contributed by atoms with Gasteiger partial charge in [-0.05, 0) is 51.2 Å². The predicted octanol–water partition coefficient (Wildman–Crippen LogP) is 1.70. The van der Waals surface area contributed by atoms with Crippen molar-refractivity contribution in [1.29, 1.82) is 0 Å². The first-order valence-electron chi connectivity index (χ1n) is 5.61. The number of rotatable bonds is 3. The maximum atomic E-state index is 5.65. The number of hydrogen-bond acceptors (Lipinski definition) is 2. The van der Waals surface area contributed by atoms with Crippen LogP contribution in [0.15, 0.2) is 0 Å². The van der Waals surface area contributed by atoms with Crippen molar-refractivity contribution in [1.82, 2.24) is 4.90 Å². The summed E-state index contributed by atoms with van der Waals surface area (Å²) in [5, 5.41) is 0. The number of nitrogens with two attached hydrogens (primary N) is 1. The van der Waals surface area contributed by atoms with Crippen molar-refractivity contribution in [2.75, 3.05) is 26.7 Å². The van der Waals surface area contributed by atoms with Crippen molar-refractivity contribution in [2.24, 2.45) is 17.6 Å². The molecule has 1 rings (SSSR count). The van der Waals surface area contributed by atoms with Gasteiger partial charge in [0.1, 0.15) is 0 Å². The lowest BCUT2D eigenvalue weighted by molar-refractivity contribution is 0.270. The summed E-state index contributed by atoms with van der Waals surface area (Å²) in [5.41, 5.74) is 5.65. The van der Waals surface area contributed by atoms with Crippen LogP contribution < -0.4 is 5.73 Å². The Bertz CT molecular complexity index is 136. The van der Waals surface area contributed by atoms with Gasteiger partial charge >= 0.3 is 0 Å². The van der Waals surface area contributed by atoms with E-state index in [2.05, 4.69) is 18.9 Å². The van der Waals surface area contributed by atoms with Crippen LogP contribution in [0.25, 0.3) is 0 Å². The van der Waals surface area contributed by atoms with E-state index in [4.69, 9.17) is 5.73 Å². The number of hydrogen-bond donors (Lipinski definition) is 1. The molecule has 0 radical (unpaired) electrons. The van der Waals surface area contributed by atoms with Gasteiger partial charge in [0, 0.05) is 6.54 Å². The Morgan fingerprint density at radius 1 is 1.46 bits per heavy atom. The van der Waals surface area contributed by atoms with Crippen LogP contribution in [0, 0.1) is 11.8 Å². The maximum Gasteiger partial charge on any atom is 0.000671 e. The van der Waals surface area contributed by atoms with E-state index < -0.39 is 0 Å². The van der Waals surface area contributed by atoms with Crippen molar-refractivity contribution >= 4 is 0 Å². The molecule has 13 heavy (non-hydrogen) atoms. The zero-order chi connectivity index (χ0) is 9.68. The highest BCUT2D eigenvalue weighted by atomic mass is 15.1. The van der Waals surface area contributed by atoms with Crippen molar-refractivity contribution < 1.29 is 0 Å². The van der Waals surface area contributed by atoms with Gasteiger partial charge in [-0.25, -0.2) is 0 Å². The van der Waals surface area contributed by atoms with Gasteiger partial charge in [0.15, 0.2) is 0 Å². The van der Waals surface area contributed by atoms with Gasteiger partial charge in [0.2, 0.25) is 0 Å². The van der Waals surface area contributed by atoms with Gasteiger partial charge in [-0.1, -0.05) is 13.3 Å². The molecule has 78 valence electrons. The van der Waals surface area contributed by atoms with E-state index in [1.165, 1.54) is 38.8 Å². The molecule has 0 saturated carbocycles. The van der Waals surface area contributed by atoms with Crippen molar-refractivity contribution in [3.63, 3.8) is 0 Å². The molecule has 0 amide bonds. The molecule has 0 aromatic rings. The van der Waals surface area contributed by atoms with Crippen LogP contribution in [-0.4, -0.2) is 31.6 Å². The first-order valence-corrected chi connectivity index (χ1v) is 5.61. The average molecular weight is 184 g/mol. The molecule has 0 aromatic heterocycles. The molecule has 2 unspecified atom stereocenters. The smallest absolute Gasteiger partial charge is 0.000671 e. The largest absolute Gasteiger partial charge is 0.330 e. The van der Waals surface area contributed by atoms with Crippen LogP contribution in [0.5, 0.6) is 0 Å². The van der Waals surface area contributed by atoms with Crippen LogP contribution in [0.1, 0.15) is 32.6 Å². The first kappa shape index (κ1) is 11.0. The monoisotopic (exact) mass is 184 g/mol. The molecular weight excluding hydrogens is 160 g/mol. The quantitative estimate of drug-likeness (QED) is 0.723. The fraction of sp³-hybridized carbons (Fsp3) is 1.00. The summed E-state index contributed by atoms with van der Waals surface area (Å²) >= 11 is 0. The van der Waals surface area contributed by atoms with Gasteiger partial charge in [-0.15, -0.1) is 0 Å². The Hall–Kier alpha value is -0.0800. The molecule has 0 bridgehead atoms. The minimum Gasteiger partial charge on any atom is -0.330 e. The van der Waals surface area contributed by atoms with E-state index >= 15 is 0 Å². The average Bonchev–Trinajstić information content (AvgIpc) is 2.30. The summed E-state index contributed by atoms with van der Waals surface area (Å²) in [6, 6.07) is 0. The standard InChI is InChI=1S/C11H24N2/c1-10(8-12)7-11-5-3-4-6-13(2)9-11/h10-11H,3-9,12H2,1-2H3. The normalized spacial score (nSPS) is 28.4. The summed E-state index contributed by atoms with van der Waals surface area (Å²) in [5.74, 6) is 1.60. The third kappa shape index (κ3) is 4.10. The second-order valence-corrected chi connectivity index (χ2v) is 4.70. The summed E-state index contributed by atoms with van der Waals surface area (Å²) in [6.45, 7) is 5.68. The Labute approximate surface area is 82.5 Å². The molecule has 1 heterocycles. The number of nitrogens with zero attached hydrogens (tertiary/aromatic N) is 1. The third-order valence-corrected chi connectivity index (χ3v) is 3.11. The molecule has 1 aliphatic rings. The Morgan fingerprint density at radius 2 is 2.23 bits per heavy atom. The maximum absolute atomic E-state index is 5.65. The van der Waals surface area contributed by atoms with Gasteiger partial charge in [0.05, 0.1) is 0 Å². The summed E-state index contributed by atoms with van der Waals surface area (Å²) in [6.07, 6.45) is 5.52. The minimum absolute atomic E-state index is 0.705. The van der Waals surface area contributed by atoms with Crippen LogP contribution in [0.4, 0.5) is 0 Å². The van der Waals surface area contributed by atoms with E-state index in [9.17, 15) is 0 Å². The molecule has 1 aliphatic heterocycles. The van der Waals surface area contributed by atoms with E-state index in [1.807, 2.05) is 0 Å². The fourth-order valence-corrected chi connectivity index (χ4v) is 2.30. The predicted molar refractivity (Wildman–Crippen MR) is 57.7 cm³/mol. The highest BCUT2D eigenvalue weighted by Crippen LogP contribution is 2.21. The lowest BCUT2D eigenvalue weighted by Gasteiger charge is -2.22. The van der Waals surface area contributed by atoms with E-state index in [0.29, 0.717) is 5.92 Å².